The first kappa shape index (κ1) is 22.7. The van der Waals surface area contributed by atoms with E-state index in [1.165, 1.54) is 10.8 Å². The minimum atomic E-state index is 0. The van der Waals surface area contributed by atoms with Gasteiger partial charge in [0.25, 0.3) is 0 Å². The fourth-order valence-corrected chi connectivity index (χ4v) is 2.64. The molecule has 0 aromatic heterocycles. The predicted molar refractivity (Wildman–Crippen MR) is 120 cm³/mol. The van der Waals surface area contributed by atoms with Gasteiger partial charge in [-0.3, -0.25) is 0 Å². The fraction of sp³-hybridized carbons (Fsp3) is 0. The van der Waals surface area contributed by atoms with E-state index in [1.807, 2.05) is 84.9 Å². The van der Waals surface area contributed by atoms with Crippen molar-refractivity contribution in [3.05, 3.63) is 146 Å². The maximum atomic E-state index is 3.15. The van der Waals surface area contributed by atoms with E-state index in [1.54, 1.807) is 0 Å². The van der Waals surface area contributed by atoms with Crippen LogP contribution >= 0.6 is 0 Å². The molecule has 1 radical (unpaired) electrons. The number of hydrogen-bond acceptors (Lipinski definition) is 0. The van der Waals surface area contributed by atoms with Gasteiger partial charge >= 0.3 is 0 Å². The van der Waals surface area contributed by atoms with Crippen LogP contribution in [-0.2, 0) is 32.7 Å². The predicted octanol–water partition coefficient (Wildman–Crippen LogP) is 7.48. The van der Waals surface area contributed by atoms with Crippen LogP contribution < -0.4 is 0 Å². The third-order valence-corrected chi connectivity index (χ3v) is 4.03. The number of benzene rings is 5. The first-order chi connectivity index (χ1) is 13.9. The Kier molecular flexibility index (Phi) is 10.7. The van der Waals surface area contributed by atoms with Gasteiger partial charge in [0.15, 0.2) is 0 Å². The molecule has 5 aromatic rings. The summed E-state index contributed by atoms with van der Waals surface area (Å²) >= 11 is 0. The summed E-state index contributed by atoms with van der Waals surface area (Å²) in [4.78, 5) is 0. The van der Waals surface area contributed by atoms with Gasteiger partial charge in [0.2, 0.25) is 0 Å². The zero-order chi connectivity index (χ0) is 19.3. The van der Waals surface area contributed by atoms with E-state index < -0.39 is 0 Å². The van der Waals surface area contributed by atoms with Gasteiger partial charge in [-0.25, -0.2) is 11.1 Å². The Morgan fingerprint density at radius 2 is 0.655 bits per heavy atom. The smallest absolute Gasteiger partial charge is 0 e. The molecule has 0 bridgehead atoms. The third kappa shape index (κ3) is 8.15. The molecule has 0 aliphatic carbocycles. The van der Waals surface area contributed by atoms with Crippen LogP contribution in [0.25, 0.3) is 21.9 Å². The van der Waals surface area contributed by atoms with E-state index in [9.17, 15) is 0 Å². The summed E-state index contributed by atoms with van der Waals surface area (Å²) < 4.78 is 0. The summed E-state index contributed by atoms with van der Waals surface area (Å²) in [5.41, 5.74) is 2.19. The molecule has 0 fully saturated rings. The van der Waals surface area contributed by atoms with Gasteiger partial charge in [-0.05, 0) is 10.8 Å². The van der Waals surface area contributed by atoms with E-state index in [4.69, 9.17) is 0 Å². The molecule has 139 valence electrons. The van der Waals surface area contributed by atoms with Crippen molar-refractivity contribution in [2.75, 3.05) is 0 Å². The molecule has 5 rings (SSSR count). The van der Waals surface area contributed by atoms with E-state index in [0.717, 1.165) is 11.1 Å². The van der Waals surface area contributed by atoms with Crippen molar-refractivity contribution in [2.45, 2.75) is 0 Å². The minimum Gasteiger partial charge on any atom is -0.226 e. The van der Waals surface area contributed by atoms with Crippen molar-refractivity contribution < 1.29 is 32.7 Å². The van der Waals surface area contributed by atoms with Crippen molar-refractivity contribution in [3.63, 3.8) is 0 Å². The van der Waals surface area contributed by atoms with E-state index in [2.05, 4.69) is 60.7 Å². The Morgan fingerprint density at radius 3 is 0.931 bits per heavy atom. The third-order valence-electron chi connectivity index (χ3n) is 4.03. The molecule has 29 heavy (non-hydrogen) atoms. The molecule has 0 atom stereocenters. The summed E-state index contributed by atoms with van der Waals surface area (Å²) in [6.07, 6.45) is 0. The summed E-state index contributed by atoms with van der Waals surface area (Å²) in [5.74, 6) is 0. The number of fused-ring (bicyclic) bond motifs is 1. The molecule has 0 amide bonds. The minimum absolute atomic E-state index is 0. The van der Waals surface area contributed by atoms with E-state index in [0.29, 0.717) is 0 Å². The molecule has 0 saturated carbocycles. The van der Waals surface area contributed by atoms with Crippen LogP contribution in [0.15, 0.2) is 133 Å². The molecule has 0 aliphatic rings. The Morgan fingerprint density at radius 1 is 0.345 bits per heavy atom. The summed E-state index contributed by atoms with van der Waals surface area (Å²) in [7, 11) is 0. The molecule has 5 aromatic carbocycles. The average Bonchev–Trinajstić information content (AvgIpc) is 2.82. The maximum Gasteiger partial charge on any atom is 0 e. The SMILES string of the molecule is [Y].[c-]1ccccc1-c1[c-]cccc1.c1ccc2ccccc2c1.c1ccccc1. The second-order valence-electron chi connectivity index (χ2n) is 6.05. The Balaban J connectivity index is 0.000000160. The Bertz CT molecular complexity index is 913. The van der Waals surface area contributed by atoms with Gasteiger partial charge in [0, 0.05) is 32.7 Å². The zero-order valence-electron chi connectivity index (χ0n) is 16.3. The van der Waals surface area contributed by atoms with E-state index >= 15 is 0 Å². The van der Waals surface area contributed by atoms with Crippen LogP contribution in [0.2, 0.25) is 0 Å². The van der Waals surface area contributed by atoms with Crippen molar-refractivity contribution >= 4 is 10.8 Å². The molecule has 0 nitrogen and oxygen atoms in total. The zero-order valence-corrected chi connectivity index (χ0v) is 19.1. The van der Waals surface area contributed by atoms with Gasteiger partial charge in [0.05, 0.1) is 0 Å². The fourth-order valence-electron chi connectivity index (χ4n) is 2.64. The van der Waals surface area contributed by atoms with E-state index in [-0.39, 0.29) is 32.7 Å². The van der Waals surface area contributed by atoms with Crippen molar-refractivity contribution in [2.24, 2.45) is 0 Å². The van der Waals surface area contributed by atoms with Crippen LogP contribution in [0.5, 0.6) is 0 Å². The average molecular weight is 447 g/mol. The Labute approximate surface area is 199 Å². The van der Waals surface area contributed by atoms with Gasteiger partial charge in [-0.15, -0.1) is 12.1 Å². The monoisotopic (exact) mass is 447 g/mol. The van der Waals surface area contributed by atoms with Crippen LogP contribution in [0, 0.1) is 12.1 Å². The first-order valence-corrected chi connectivity index (χ1v) is 9.31. The molecule has 0 unspecified atom stereocenters. The molecule has 0 N–H and O–H groups in total. The van der Waals surface area contributed by atoms with Crippen LogP contribution in [0.1, 0.15) is 0 Å². The Hall–Kier alpha value is -2.54. The number of rotatable bonds is 1. The first-order valence-electron chi connectivity index (χ1n) is 9.31. The van der Waals surface area contributed by atoms with Crippen LogP contribution in [0.3, 0.4) is 0 Å². The largest absolute Gasteiger partial charge is 0.226 e. The quantitative estimate of drug-likeness (QED) is 0.234. The van der Waals surface area contributed by atoms with Crippen LogP contribution in [-0.4, -0.2) is 0 Å². The molecule has 0 heterocycles. The second kappa shape index (κ2) is 13.6. The topological polar surface area (TPSA) is 0 Å². The maximum absolute atomic E-state index is 3.15. The summed E-state index contributed by atoms with van der Waals surface area (Å²) in [5, 5.41) is 2.62. The molecule has 1 heteroatoms. The summed E-state index contributed by atoms with van der Waals surface area (Å²) in [6, 6.07) is 50.9. The molecule has 0 spiro atoms. The van der Waals surface area contributed by atoms with Gasteiger partial charge < -0.3 is 0 Å². The molecular formula is C28H22Y-2. The molecule has 0 aliphatic heterocycles. The van der Waals surface area contributed by atoms with Crippen LogP contribution in [0.4, 0.5) is 0 Å². The van der Waals surface area contributed by atoms with Crippen molar-refractivity contribution in [1.29, 1.82) is 0 Å². The second-order valence-corrected chi connectivity index (χ2v) is 6.05. The van der Waals surface area contributed by atoms with Gasteiger partial charge in [-0.2, -0.15) is 48.5 Å². The van der Waals surface area contributed by atoms with Crippen molar-refractivity contribution in [1.82, 2.24) is 0 Å². The van der Waals surface area contributed by atoms with Gasteiger partial charge in [0.1, 0.15) is 0 Å². The van der Waals surface area contributed by atoms with Crippen molar-refractivity contribution in [3.8, 4) is 11.1 Å². The number of hydrogen-bond donors (Lipinski definition) is 0. The summed E-state index contributed by atoms with van der Waals surface area (Å²) in [6.45, 7) is 0. The van der Waals surface area contributed by atoms with Gasteiger partial charge in [-0.1, -0.05) is 84.9 Å². The molecular weight excluding hydrogens is 425 g/mol. The molecule has 0 saturated heterocycles. The normalized spacial score (nSPS) is 9.10. The standard InChI is InChI=1S/C12H8.C10H8.C6H6.Y/c1-3-7-11(8-4-1)12-9-5-2-6-10-12;1-2-6-10-8-4-3-7-9(10)5-1;1-2-4-6-5-3-1;/h1-7,9H;1-8H;1-6H;/q-2;;;.